The number of piperazine rings is 1. The molecular weight excluding hydrogens is 394 g/mol. The van der Waals surface area contributed by atoms with Gasteiger partial charge in [0.15, 0.2) is 6.54 Å². The number of rotatable bonds is 6. The Morgan fingerprint density at radius 2 is 1.92 bits per heavy atom. The second-order valence-electron chi connectivity index (χ2n) is 6.46. The highest BCUT2D eigenvalue weighted by atomic mass is 79.9. The molecular formula is C16H25BrN3O3S+. The Morgan fingerprint density at radius 3 is 2.50 bits per heavy atom. The molecule has 0 atom stereocenters. The van der Waals surface area contributed by atoms with Crippen LogP contribution in [0.2, 0.25) is 0 Å². The van der Waals surface area contributed by atoms with Gasteiger partial charge in [0.05, 0.1) is 31.1 Å². The predicted molar refractivity (Wildman–Crippen MR) is 96.3 cm³/mol. The SMILES string of the molecule is CC(C)CNC(=O)C[NH+]1CCN(S(=O)(=O)c2ccccc2Br)CC1. The van der Waals surface area contributed by atoms with E-state index in [0.717, 1.165) is 4.90 Å². The van der Waals surface area contributed by atoms with Crippen molar-refractivity contribution in [2.24, 2.45) is 5.92 Å². The minimum atomic E-state index is -3.49. The molecule has 2 N–H and O–H groups in total. The molecule has 0 radical (unpaired) electrons. The maximum atomic E-state index is 12.7. The van der Waals surface area contributed by atoms with Gasteiger partial charge in [-0.2, -0.15) is 4.31 Å². The molecule has 1 amide bonds. The Hall–Kier alpha value is -0.960. The summed E-state index contributed by atoms with van der Waals surface area (Å²) in [6.07, 6.45) is 0. The summed E-state index contributed by atoms with van der Waals surface area (Å²) in [5.74, 6) is 0.455. The first-order chi connectivity index (χ1) is 11.3. The summed E-state index contributed by atoms with van der Waals surface area (Å²) in [5.41, 5.74) is 0. The molecule has 0 saturated carbocycles. The maximum Gasteiger partial charge on any atom is 0.275 e. The summed E-state index contributed by atoms with van der Waals surface area (Å²) in [6, 6.07) is 6.85. The van der Waals surface area contributed by atoms with Crippen LogP contribution in [-0.4, -0.2) is 57.9 Å². The minimum absolute atomic E-state index is 0.0285. The van der Waals surface area contributed by atoms with Gasteiger partial charge in [0.1, 0.15) is 0 Å². The van der Waals surface area contributed by atoms with E-state index in [4.69, 9.17) is 0 Å². The van der Waals surface area contributed by atoms with Crippen molar-refractivity contribution in [3.8, 4) is 0 Å². The van der Waals surface area contributed by atoms with Crippen molar-refractivity contribution in [2.45, 2.75) is 18.7 Å². The van der Waals surface area contributed by atoms with E-state index in [1.165, 1.54) is 4.31 Å². The molecule has 24 heavy (non-hydrogen) atoms. The van der Waals surface area contributed by atoms with Crippen LogP contribution in [0.3, 0.4) is 0 Å². The van der Waals surface area contributed by atoms with Gasteiger partial charge in [-0.05, 0) is 34.0 Å². The monoisotopic (exact) mass is 418 g/mol. The van der Waals surface area contributed by atoms with Crippen molar-refractivity contribution in [3.05, 3.63) is 28.7 Å². The zero-order valence-electron chi connectivity index (χ0n) is 14.1. The molecule has 0 unspecified atom stereocenters. The van der Waals surface area contributed by atoms with Crippen LogP contribution in [0.15, 0.2) is 33.6 Å². The summed E-state index contributed by atoms with van der Waals surface area (Å²) < 4.78 is 27.5. The second kappa shape index (κ2) is 8.42. The lowest BCUT2D eigenvalue weighted by Gasteiger charge is -2.31. The van der Waals surface area contributed by atoms with Gasteiger partial charge in [-0.1, -0.05) is 26.0 Å². The maximum absolute atomic E-state index is 12.7. The molecule has 0 bridgehead atoms. The molecule has 0 aromatic heterocycles. The van der Waals surface area contributed by atoms with Gasteiger partial charge in [-0.3, -0.25) is 4.79 Å². The molecule has 2 rings (SSSR count). The molecule has 0 spiro atoms. The fraction of sp³-hybridized carbons (Fsp3) is 0.562. The molecule has 1 aliphatic heterocycles. The van der Waals surface area contributed by atoms with Crippen LogP contribution >= 0.6 is 15.9 Å². The molecule has 1 saturated heterocycles. The number of hydrogen-bond donors (Lipinski definition) is 2. The van der Waals surface area contributed by atoms with Gasteiger partial charge in [0, 0.05) is 11.0 Å². The Bertz CT molecular complexity index is 671. The number of nitrogens with one attached hydrogen (secondary N) is 2. The van der Waals surface area contributed by atoms with Crippen molar-refractivity contribution < 1.29 is 18.1 Å². The minimum Gasteiger partial charge on any atom is -0.351 e. The Morgan fingerprint density at radius 1 is 1.29 bits per heavy atom. The summed E-state index contributed by atoms with van der Waals surface area (Å²) >= 11 is 3.31. The molecule has 134 valence electrons. The van der Waals surface area contributed by atoms with E-state index in [2.05, 4.69) is 35.1 Å². The Labute approximate surface area is 152 Å². The smallest absolute Gasteiger partial charge is 0.275 e. The number of nitrogens with zero attached hydrogens (tertiary/aromatic N) is 1. The fourth-order valence-electron chi connectivity index (χ4n) is 2.62. The van der Waals surface area contributed by atoms with E-state index in [-0.39, 0.29) is 5.91 Å². The fourth-order valence-corrected chi connectivity index (χ4v) is 5.03. The molecule has 1 aromatic rings. The van der Waals surface area contributed by atoms with Crippen molar-refractivity contribution >= 4 is 31.9 Å². The second-order valence-corrected chi connectivity index (χ2v) is 9.22. The summed E-state index contributed by atoms with van der Waals surface area (Å²) in [7, 11) is -3.49. The number of carbonyl (C=O) groups excluding carboxylic acids is 1. The van der Waals surface area contributed by atoms with Crippen LogP contribution in [-0.2, 0) is 14.8 Å². The van der Waals surface area contributed by atoms with Crippen LogP contribution in [0.5, 0.6) is 0 Å². The Kier molecular flexibility index (Phi) is 6.79. The van der Waals surface area contributed by atoms with E-state index in [1.54, 1.807) is 24.3 Å². The van der Waals surface area contributed by atoms with Crippen LogP contribution in [0.1, 0.15) is 13.8 Å². The van der Waals surface area contributed by atoms with Crippen molar-refractivity contribution in [2.75, 3.05) is 39.3 Å². The normalized spacial score (nSPS) is 17.2. The number of sulfonamides is 1. The van der Waals surface area contributed by atoms with Gasteiger partial charge < -0.3 is 10.2 Å². The molecule has 1 heterocycles. The average Bonchev–Trinajstić information content (AvgIpc) is 2.53. The molecule has 1 fully saturated rings. The highest BCUT2D eigenvalue weighted by Crippen LogP contribution is 2.24. The number of quaternary nitrogens is 1. The highest BCUT2D eigenvalue weighted by molar-refractivity contribution is 9.10. The lowest BCUT2D eigenvalue weighted by Crippen LogP contribution is -3.15. The Balaban J connectivity index is 1.91. The summed E-state index contributed by atoms with van der Waals surface area (Å²) in [6.45, 7) is 7.31. The van der Waals surface area contributed by atoms with Gasteiger partial charge >= 0.3 is 0 Å². The van der Waals surface area contributed by atoms with E-state index in [0.29, 0.717) is 54.6 Å². The molecule has 8 heteroatoms. The lowest BCUT2D eigenvalue weighted by molar-refractivity contribution is -0.895. The van der Waals surface area contributed by atoms with Gasteiger partial charge in [-0.25, -0.2) is 8.42 Å². The first-order valence-corrected chi connectivity index (χ1v) is 10.4. The predicted octanol–water partition coefficient (Wildman–Crippen LogP) is 0.111. The summed E-state index contributed by atoms with van der Waals surface area (Å²) in [5, 5.41) is 2.91. The van der Waals surface area contributed by atoms with Crippen molar-refractivity contribution in [1.29, 1.82) is 0 Å². The zero-order valence-corrected chi connectivity index (χ0v) is 16.5. The number of amides is 1. The van der Waals surface area contributed by atoms with Gasteiger partial charge in [-0.15, -0.1) is 0 Å². The number of halogens is 1. The quantitative estimate of drug-likeness (QED) is 0.688. The van der Waals surface area contributed by atoms with Crippen molar-refractivity contribution in [3.63, 3.8) is 0 Å². The standard InChI is InChI=1S/C16H24BrN3O3S/c1-13(2)11-18-16(21)12-19-7-9-20(10-8-19)24(22,23)15-6-4-3-5-14(15)17/h3-6,13H,7-12H2,1-2H3,(H,18,21)/p+1. The lowest BCUT2D eigenvalue weighted by atomic mass is 10.2. The van der Waals surface area contributed by atoms with E-state index >= 15 is 0 Å². The third kappa shape index (κ3) is 5.02. The van der Waals surface area contributed by atoms with Crippen LogP contribution in [0, 0.1) is 5.92 Å². The van der Waals surface area contributed by atoms with Gasteiger partial charge in [0.25, 0.3) is 5.91 Å². The third-order valence-electron chi connectivity index (χ3n) is 4.00. The van der Waals surface area contributed by atoms with Crippen molar-refractivity contribution in [1.82, 2.24) is 9.62 Å². The average molecular weight is 419 g/mol. The van der Waals surface area contributed by atoms with E-state index in [1.807, 2.05) is 0 Å². The number of carbonyl (C=O) groups is 1. The number of hydrogen-bond acceptors (Lipinski definition) is 3. The number of benzene rings is 1. The van der Waals surface area contributed by atoms with E-state index in [9.17, 15) is 13.2 Å². The molecule has 6 nitrogen and oxygen atoms in total. The third-order valence-corrected chi connectivity index (χ3v) is 6.91. The van der Waals surface area contributed by atoms with Crippen LogP contribution < -0.4 is 10.2 Å². The molecule has 0 aliphatic carbocycles. The highest BCUT2D eigenvalue weighted by Gasteiger charge is 2.32. The topological polar surface area (TPSA) is 70.9 Å². The van der Waals surface area contributed by atoms with Crippen LogP contribution in [0.25, 0.3) is 0 Å². The molecule has 1 aliphatic rings. The van der Waals surface area contributed by atoms with E-state index < -0.39 is 10.0 Å². The zero-order chi connectivity index (χ0) is 17.7. The van der Waals surface area contributed by atoms with Gasteiger partial charge in [0.2, 0.25) is 10.0 Å². The first kappa shape index (κ1) is 19.4. The van der Waals surface area contributed by atoms with Crippen LogP contribution in [0.4, 0.5) is 0 Å². The molecule has 1 aromatic carbocycles. The summed E-state index contributed by atoms with van der Waals surface area (Å²) in [4.78, 5) is 13.3. The largest absolute Gasteiger partial charge is 0.351 e. The first-order valence-electron chi connectivity index (χ1n) is 8.15.